The van der Waals surface area contributed by atoms with Gasteiger partial charge in [0, 0.05) is 22.4 Å². The lowest BCUT2D eigenvalue weighted by atomic mass is 10.2. The molecule has 0 radical (unpaired) electrons. The first-order chi connectivity index (χ1) is 11.8. The molecule has 5 nitrogen and oxygen atoms in total. The van der Waals surface area contributed by atoms with Gasteiger partial charge in [-0.25, -0.2) is 4.98 Å². The third-order valence-corrected chi connectivity index (χ3v) is 6.15. The number of aromatic nitrogens is 2. The van der Waals surface area contributed by atoms with Crippen LogP contribution in [-0.2, 0) is 4.79 Å². The van der Waals surface area contributed by atoms with E-state index in [9.17, 15) is 9.59 Å². The minimum Gasteiger partial charge on any atom is -0.326 e. The molecular formula is C18H19N3O2S2. The molecule has 130 valence electrons. The Labute approximate surface area is 153 Å². The van der Waals surface area contributed by atoms with Crippen LogP contribution in [0.4, 0.5) is 5.69 Å². The number of hydrogen-bond donors (Lipinski definition) is 2. The number of rotatable bonds is 4. The molecule has 2 aromatic heterocycles. The van der Waals surface area contributed by atoms with Gasteiger partial charge in [0.15, 0.2) is 0 Å². The minimum atomic E-state index is -0.0922. The maximum atomic E-state index is 12.4. The summed E-state index contributed by atoms with van der Waals surface area (Å²) < 4.78 is 0. The highest BCUT2D eigenvalue weighted by atomic mass is 32.2. The first-order valence-electron chi connectivity index (χ1n) is 7.89. The zero-order valence-electron chi connectivity index (χ0n) is 14.5. The van der Waals surface area contributed by atoms with Crippen LogP contribution in [0.3, 0.4) is 0 Å². The molecule has 0 aliphatic heterocycles. The fourth-order valence-electron chi connectivity index (χ4n) is 2.54. The number of amides is 1. The lowest BCUT2D eigenvalue weighted by Gasteiger charge is -2.11. The smallest absolute Gasteiger partial charge is 0.259 e. The second kappa shape index (κ2) is 7.01. The molecule has 3 aromatic rings. The Morgan fingerprint density at radius 3 is 2.60 bits per heavy atom. The van der Waals surface area contributed by atoms with Gasteiger partial charge in [-0.15, -0.1) is 23.1 Å². The number of anilines is 1. The number of aryl methyl sites for hydroxylation is 2. The maximum Gasteiger partial charge on any atom is 0.259 e. The van der Waals surface area contributed by atoms with E-state index in [0.717, 1.165) is 25.9 Å². The predicted octanol–water partition coefficient (Wildman–Crippen LogP) is 4.41. The van der Waals surface area contributed by atoms with Crippen molar-refractivity contribution in [3.05, 3.63) is 50.9 Å². The van der Waals surface area contributed by atoms with Crippen LogP contribution >= 0.6 is 23.1 Å². The molecular weight excluding hydrogens is 354 g/mol. The molecule has 0 aliphatic rings. The Hall–Kier alpha value is -2.12. The van der Waals surface area contributed by atoms with Gasteiger partial charge in [-0.1, -0.05) is 0 Å². The van der Waals surface area contributed by atoms with Crippen LogP contribution in [0.1, 0.15) is 35.4 Å². The normalized spacial score (nSPS) is 12.3. The van der Waals surface area contributed by atoms with Crippen LogP contribution in [0.2, 0.25) is 0 Å². The topological polar surface area (TPSA) is 74.8 Å². The molecule has 1 amide bonds. The van der Waals surface area contributed by atoms with Crippen LogP contribution in [-0.4, -0.2) is 15.9 Å². The average molecular weight is 374 g/mol. The van der Waals surface area contributed by atoms with Crippen molar-refractivity contribution in [2.45, 2.75) is 37.8 Å². The second-order valence-corrected chi connectivity index (χ2v) is 8.50. The van der Waals surface area contributed by atoms with E-state index in [4.69, 9.17) is 0 Å². The number of thiophene rings is 1. The van der Waals surface area contributed by atoms with Gasteiger partial charge in [0.25, 0.3) is 5.56 Å². The van der Waals surface area contributed by atoms with Crippen LogP contribution < -0.4 is 10.9 Å². The maximum absolute atomic E-state index is 12.4. The molecule has 2 heterocycles. The summed E-state index contributed by atoms with van der Waals surface area (Å²) in [6, 6.07) is 7.62. The van der Waals surface area contributed by atoms with E-state index in [1.807, 2.05) is 45.0 Å². The number of H-pyrrole nitrogens is 1. The number of aromatic amines is 1. The van der Waals surface area contributed by atoms with Crippen LogP contribution in [0, 0.1) is 13.8 Å². The molecule has 1 atom stereocenters. The van der Waals surface area contributed by atoms with Crippen LogP contribution in [0.15, 0.2) is 34.0 Å². The van der Waals surface area contributed by atoms with Gasteiger partial charge in [0.2, 0.25) is 5.91 Å². The third kappa shape index (κ3) is 3.77. The Balaban J connectivity index is 1.83. The molecule has 0 bridgehead atoms. The SMILES string of the molecule is CC(=O)Nc1ccc(S[C@H](C)c2nc3sc(C)c(C)c3c(=O)[nH]2)cc1. The van der Waals surface area contributed by atoms with Crippen LogP contribution in [0.25, 0.3) is 10.2 Å². The molecule has 3 rings (SSSR count). The van der Waals surface area contributed by atoms with Gasteiger partial charge in [0.1, 0.15) is 10.7 Å². The Kier molecular flexibility index (Phi) is 4.96. The number of hydrogen-bond acceptors (Lipinski definition) is 5. The van der Waals surface area contributed by atoms with Crippen molar-refractivity contribution >= 4 is 44.9 Å². The standard InChI is InChI=1S/C18H19N3O2S2/c1-9-10(2)25-18-15(9)17(23)20-16(21-18)11(3)24-14-7-5-13(6-8-14)19-12(4)22/h5-8,11H,1-4H3,(H,19,22)(H,20,21,23)/t11-/m1/s1. The van der Waals surface area contributed by atoms with Crippen molar-refractivity contribution in [1.82, 2.24) is 9.97 Å². The zero-order valence-corrected chi connectivity index (χ0v) is 16.1. The van der Waals surface area contributed by atoms with Gasteiger partial charge in [-0.05, 0) is 50.6 Å². The molecule has 0 saturated heterocycles. The van der Waals surface area contributed by atoms with E-state index in [1.165, 1.54) is 6.92 Å². The van der Waals surface area contributed by atoms with Gasteiger partial charge in [-0.3, -0.25) is 9.59 Å². The van der Waals surface area contributed by atoms with Crippen molar-refractivity contribution in [1.29, 1.82) is 0 Å². The number of carbonyl (C=O) groups excluding carboxylic acids is 1. The van der Waals surface area contributed by atoms with E-state index in [1.54, 1.807) is 23.1 Å². The van der Waals surface area contributed by atoms with Gasteiger partial charge >= 0.3 is 0 Å². The summed E-state index contributed by atoms with van der Waals surface area (Å²) in [6.45, 7) is 7.47. The Morgan fingerprint density at radius 2 is 1.96 bits per heavy atom. The molecule has 0 spiro atoms. The number of nitrogens with zero attached hydrogens (tertiary/aromatic N) is 1. The molecule has 7 heteroatoms. The zero-order chi connectivity index (χ0) is 18.1. The molecule has 0 unspecified atom stereocenters. The molecule has 0 aliphatic carbocycles. The predicted molar refractivity (Wildman–Crippen MR) is 105 cm³/mol. The van der Waals surface area contributed by atoms with E-state index < -0.39 is 0 Å². The van der Waals surface area contributed by atoms with Crippen molar-refractivity contribution in [2.24, 2.45) is 0 Å². The summed E-state index contributed by atoms with van der Waals surface area (Å²) in [5.41, 5.74) is 1.70. The third-order valence-electron chi connectivity index (χ3n) is 3.93. The van der Waals surface area contributed by atoms with Crippen molar-refractivity contribution < 1.29 is 4.79 Å². The van der Waals surface area contributed by atoms with E-state index in [-0.39, 0.29) is 16.7 Å². The summed E-state index contributed by atoms with van der Waals surface area (Å²) in [5.74, 6) is 0.583. The van der Waals surface area contributed by atoms with Gasteiger partial charge in [0.05, 0.1) is 10.6 Å². The summed E-state index contributed by atoms with van der Waals surface area (Å²) in [5, 5.41) is 3.45. The fourth-order valence-corrected chi connectivity index (χ4v) is 4.51. The highest BCUT2D eigenvalue weighted by molar-refractivity contribution is 7.99. The first kappa shape index (κ1) is 17.7. The number of carbonyl (C=O) groups is 1. The molecule has 2 N–H and O–H groups in total. The lowest BCUT2D eigenvalue weighted by molar-refractivity contribution is -0.114. The summed E-state index contributed by atoms with van der Waals surface area (Å²) >= 11 is 3.17. The van der Waals surface area contributed by atoms with Crippen LogP contribution in [0.5, 0.6) is 0 Å². The Morgan fingerprint density at radius 1 is 1.28 bits per heavy atom. The monoisotopic (exact) mass is 373 g/mol. The van der Waals surface area contributed by atoms with Crippen molar-refractivity contribution in [2.75, 3.05) is 5.32 Å². The van der Waals surface area contributed by atoms with Gasteiger partial charge in [-0.2, -0.15) is 0 Å². The summed E-state index contributed by atoms with van der Waals surface area (Å²) in [6.07, 6.45) is 0. The second-order valence-electron chi connectivity index (χ2n) is 5.88. The highest BCUT2D eigenvalue weighted by Gasteiger charge is 2.16. The molecule has 1 aromatic carbocycles. The molecule has 0 saturated carbocycles. The number of benzene rings is 1. The Bertz CT molecular complexity index is 990. The van der Waals surface area contributed by atoms with E-state index in [2.05, 4.69) is 15.3 Å². The van der Waals surface area contributed by atoms with Gasteiger partial charge < -0.3 is 10.3 Å². The average Bonchev–Trinajstić information content (AvgIpc) is 2.83. The summed E-state index contributed by atoms with van der Waals surface area (Å²) in [7, 11) is 0. The fraction of sp³-hybridized carbons (Fsp3) is 0.278. The van der Waals surface area contributed by atoms with E-state index in [0.29, 0.717) is 11.2 Å². The molecule has 25 heavy (non-hydrogen) atoms. The number of fused-ring (bicyclic) bond motifs is 1. The van der Waals surface area contributed by atoms with E-state index >= 15 is 0 Å². The highest BCUT2D eigenvalue weighted by Crippen LogP contribution is 2.34. The number of nitrogens with one attached hydrogen (secondary N) is 2. The van der Waals surface area contributed by atoms with Crippen molar-refractivity contribution in [3.8, 4) is 0 Å². The minimum absolute atomic E-state index is 0.00595. The number of thioether (sulfide) groups is 1. The summed E-state index contributed by atoms with van der Waals surface area (Å²) in [4.78, 5) is 34.0. The molecule has 0 fully saturated rings. The van der Waals surface area contributed by atoms with Crippen molar-refractivity contribution in [3.63, 3.8) is 0 Å². The largest absolute Gasteiger partial charge is 0.326 e. The lowest BCUT2D eigenvalue weighted by Crippen LogP contribution is -2.12. The first-order valence-corrected chi connectivity index (χ1v) is 9.59. The quantitative estimate of drug-likeness (QED) is 0.664.